The molecule has 25 heavy (non-hydrogen) atoms. The molecule has 4 atom stereocenters. The predicted molar refractivity (Wildman–Crippen MR) is 99.6 cm³/mol. The molecule has 0 bridgehead atoms. The lowest BCUT2D eigenvalue weighted by molar-refractivity contribution is -0.119. The maximum Gasteiger partial charge on any atom is 0.162 e. The topological polar surface area (TPSA) is 53.2 Å². The second-order valence-electron chi connectivity index (χ2n) is 8.71. The Kier molecular flexibility index (Phi) is 3.82. The van der Waals surface area contributed by atoms with E-state index in [0.29, 0.717) is 18.1 Å². The summed E-state index contributed by atoms with van der Waals surface area (Å²) in [6.07, 6.45) is 2.64. The Morgan fingerprint density at radius 3 is 2.52 bits per heavy atom. The smallest absolute Gasteiger partial charge is 0.162 e. The number of benzene rings is 1. The van der Waals surface area contributed by atoms with Gasteiger partial charge in [-0.1, -0.05) is 51.1 Å². The van der Waals surface area contributed by atoms with Gasteiger partial charge in [-0.25, -0.2) is 5.43 Å². The Labute approximate surface area is 150 Å². The highest BCUT2D eigenvalue weighted by Crippen LogP contribution is 2.53. The van der Waals surface area contributed by atoms with E-state index in [0.717, 1.165) is 24.1 Å². The third-order valence-corrected chi connectivity index (χ3v) is 6.43. The molecule has 3 N–H and O–H groups in total. The zero-order valence-electron chi connectivity index (χ0n) is 15.6. The molecule has 1 aromatic rings. The summed E-state index contributed by atoms with van der Waals surface area (Å²) in [7, 11) is 0. The zero-order chi connectivity index (χ0) is 17.8. The molecule has 2 heterocycles. The van der Waals surface area contributed by atoms with Crippen LogP contribution < -0.4 is 16.2 Å². The third-order valence-electron chi connectivity index (χ3n) is 6.43. The molecular formula is C21H29N3O. The van der Waals surface area contributed by atoms with Crippen molar-refractivity contribution < 1.29 is 4.79 Å². The van der Waals surface area contributed by atoms with Gasteiger partial charge >= 0.3 is 0 Å². The van der Waals surface area contributed by atoms with Crippen LogP contribution in [-0.2, 0) is 10.2 Å². The summed E-state index contributed by atoms with van der Waals surface area (Å²) in [5.41, 5.74) is 10.1. The van der Waals surface area contributed by atoms with E-state index >= 15 is 0 Å². The summed E-state index contributed by atoms with van der Waals surface area (Å²) < 4.78 is 0. The summed E-state index contributed by atoms with van der Waals surface area (Å²) >= 11 is 0. The van der Waals surface area contributed by atoms with Gasteiger partial charge in [-0.2, -0.15) is 0 Å². The lowest BCUT2D eigenvalue weighted by Crippen LogP contribution is -2.59. The molecule has 134 valence electrons. The molecule has 1 saturated heterocycles. The summed E-state index contributed by atoms with van der Waals surface area (Å²) in [6.45, 7) is 8.84. The first-order valence-electron chi connectivity index (χ1n) is 9.49. The van der Waals surface area contributed by atoms with Gasteiger partial charge in [0.2, 0.25) is 0 Å². The minimum absolute atomic E-state index is 0.0174. The van der Waals surface area contributed by atoms with Crippen molar-refractivity contribution in [3.05, 3.63) is 47.2 Å². The number of carbonyl (C=O) groups excluding carboxylic acids is 1. The van der Waals surface area contributed by atoms with E-state index < -0.39 is 0 Å². The van der Waals surface area contributed by atoms with Gasteiger partial charge in [-0.3, -0.25) is 10.2 Å². The lowest BCUT2D eigenvalue weighted by Gasteiger charge is -2.51. The number of ketones is 1. The molecule has 3 unspecified atom stereocenters. The SMILES string of the molecule is CC[C@]1(c2ccccc2)C2=C(CC(C)(C)CC2=O)NC2NNC(C)C21. The van der Waals surface area contributed by atoms with Crippen LogP contribution in [0.3, 0.4) is 0 Å². The van der Waals surface area contributed by atoms with Crippen molar-refractivity contribution in [3.8, 4) is 0 Å². The number of fused-ring (bicyclic) bond motifs is 1. The van der Waals surface area contributed by atoms with Crippen LogP contribution >= 0.6 is 0 Å². The Bertz CT molecular complexity index is 724. The molecule has 3 aliphatic rings. The van der Waals surface area contributed by atoms with Crippen LogP contribution in [0.15, 0.2) is 41.6 Å². The van der Waals surface area contributed by atoms with Crippen molar-refractivity contribution in [1.82, 2.24) is 16.2 Å². The first-order valence-corrected chi connectivity index (χ1v) is 9.49. The van der Waals surface area contributed by atoms with Crippen LogP contribution in [0.4, 0.5) is 0 Å². The lowest BCUT2D eigenvalue weighted by atomic mass is 9.55. The molecule has 4 nitrogen and oxygen atoms in total. The maximum absolute atomic E-state index is 13.3. The molecule has 0 spiro atoms. The highest BCUT2D eigenvalue weighted by Gasteiger charge is 2.57. The number of nitrogens with one attached hydrogen (secondary N) is 3. The molecular weight excluding hydrogens is 310 g/mol. The van der Waals surface area contributed by atoms with Gasteiger partial charge in [0.1, 0.15) is 0 Å². The third kappa shape index (κ3) is 2.38. The highest BCUT2D eigenvalue weighted by atomic mass is 16.1. The van der Waals surface area contributed by atoms with Crippen LogP contribution in [0.5, 0.6) is 0 Å². The van der Waals surface area contributed by atoms with Crippen LogP contribution in [0.25, 0.3) is 0 Å². The number of hydrazine groups is 1. The minimum Gasteiger partial charge on any atom is -0.371 e. The van der Waals surface area contributed by atoms with Gasteiger partial charge in [-0.05, 0) is 30.7 Å². The number of carbonyl (C=O) groups is 1. The van der Waals surface area contributed by atoms with E-state index in [-0.39, 0.29) is 23.0 Å². The molecule has 1 fully saturated rings. The average Bonchev–Trinajstić information content (AvgIpc) is 2.94. The van der Waals surface area contributed by atoms with E-state index in [4.69, 9.17) is 0 Å². The number of rotatable bonds is 2. The van der Waals surface area contributed by atoms with Gasteiger partial charge < -0.3 is 5.32 Å². The maximum atomic E-state index is 13.3. The van der Waals surface area contributed by atoms with E-state index in [1.165, 1.54) is 5.56 Å². The summed E-state index contributed by atoms with van der Waals surface area (Å²) in [6, 6.07) is 10.9. The fourth-order valence-corrected chi connectivity index (χ4v) is 5.53. The van der Waals surface area contributed by atoms with E-state index in [9.17, 15) is 4.79 Å². The van der Waals surface area contributed by atoms with E-state index in [1.54, 1.807) is 0 Å². The molecule has 4 heteroatoms. The fraction of sp³-hybridized carbons (Fsp3) is 0.571. The molecule has 4 rings (SSSR count). The minimum atomic E-state index is -0.240. The first-order chi connectivity index (χ1) is 11.9. The summed E-state index contributed by atoms with van der Waals surface area (Å²) in [4.78, 5) is 13.3. The van der Waals surface area contributed by atoms with Crippen molar-refractivity contribution in [2.24, 2.45) is 11.3 Å². The highest BCUT2D eigenvalue weighted by molar-refractivity contribution is 6.00. The zero-order valence-corrected chi connectivity index (χ0v) is 15.6. The monoisotopic (exact) mass is 339 g/mol. The van der Waals surface area contributed by atoms with Crippen molar-refractivity contribution in [2.45, 2.75) is 64.6 Å². The van der Waals surface area contributed by atoms with Crippen LogP contribution in [-0.4, -0.2) is 18.0 Å². The molecule has 0 radical (unpaired) electrons. The van der Waals surface area contributed by atoms with Crippen molar-refractivity contribution >= 4 is 5.78 Å². The van der Waals surface area contributed by atoms with Crippen LogP contribution in [0.1, 0.15) is 52.5 Å². The number of Topliss-reactive ketones (excluding diaryl/α,β-unsaturated/α-hetero) is 1. The number of hydrogen-bond donors (Lipinski definition) is 3. The fourth-order valence-electron chi connectivity index (χ4n) is 5.53. The first kappa shape index (κ1) is 16.8. The predicted octanol–water partition coefficient (Wildman–Crippen LogP) is 3.02. The Hall–Kier alpha value is -1.65. The molecule has 0 saturated carbocycles. The quantitative estimate of drug-likeness (QED) is 0.775. The molecule has 1 aliphatic carbocycles. The second-order valence-corrected chi connectivity index (χ2v) is 8.71. The Morgan fingerprint density at radius 1 is 1.12 bits per heavy atom. The molecule has 0 amide bonds. The van der Waals surface area contributed by atoms with Gasteiger partial charge in [0.25, 0.3) is 0 Å². The molecule has 2 aliphatic heterocycles. The van der Waals surface area contributed by atoms with Crippen LogP contribution in [0.2, 0.25) is 0 Å². The second kappa shape index (κ2) is 5.68. The Balaban J connectivity index is 1.97. The summed E-state index contributed by atoms with van der Waals surface area (Å²) in [5.74, 6) is 0.616. The largest absolute Gasteiger partial charge is 0.371 e. The van der Waals surface area contributed by atoms with Gasteiger partial charge in [0.15, 0.2) is 5.78 Å². The number of allylic oxidation sites excluding steroid dienone is 2. The van der Waals surface area contributed by atoms with Crippen molar-refractivity contribution in [2.75, 3.05) is 0 Å². The standard InChI is InChI=1S/C21H29N3O/c1-5-21(14-9-7-6-8-10-14)17-13(2)23-24-19(17)22-15-11-20(3,4)12-16(25)18(15)21/h6-10,13,17,19,22-24H,5,11-12H2,1-4H3/t13?,17?,19?,21-/m1/s1. The van der Waals surface area contributed by atoms with Gasteiger partial charge in [-0.15, -0.1) is 0 Å². The molecule has 1 aromatic carbocycles. The van der Waals surface area contributed by atoms with Gasteiger partial charge in [0, 0.05) is 35.1 Å². The number of hydrogen-bond acceptors (Lipinski definition) is 4. The summed E-state index contributed by atoms with van der Waals surface area (Å²) in [5, 5.41) is 3.68. The van der Waals surface area contributed by atoms with Crippen LogP contribution in [0, 0.1) is 11.3 Å². The van der Waals surface area contributed by atoms with E-state index in [2.05, 4.69) is 74.2 Å². The Morgan fingerprint density at radius 2 is 1.84 bits per heavy atom. The normalized spacial score (nSPS) is 36.6. The van der Waals surface area contributed by atoms with Gasteiger partial charge in [0.05, 0.1) is 6.17 Å². The van der Waals surface area contributed by atoms with E-state index in [1.807, 2.05) is 0 Å². The van der Waals surface area contributed by atoms with Crippen molar-refractivity contribution in [3.63, 3.8) is 0 Å². The average molecular weight is 339 g/mol. The van der Waals surface area contributed by atoms with Crippen molar-refractivity contribution in [1.29, 1.82) is 0 Å². The molecule has 0 aromatic heterocycles.